The van der Waals surface area contributed by atoms with Crippen molar-refractivity contribution in [3.05, 3.63) is 24.3 Å². The van der Waals surface area contributed by atoms with Crippen LogP contribution in [-0.4, -0.2) is 39.0 Å². The third-order valence-corrected chi connectivity index (χ3v) is 2.80. The number of aliphatic hydroxyl groups is 1. The van der Waals surface area contributed by atoms with Gasteiger partial charge in [-0.1, -0.05) is 12.1 Å². The molecule has 1 N–H and O–H groups in total. The number of hydrogen-bond acceptors (Lipinski definition) is 5. The maximum atomic E-state index is 8.70. The number of benzene rings is 1. The molecule has 0 aliphatic carbocycles. The molecule has 0 saturated heterocycles. The van der Waals surface area contributed by atoms with Crippen molar-refractivity contribution in [2.75, 3.05) is 13.7 Å². The summed E-state index contributed by atoms with van der Waals surface area (Å²) in [7, 11) is 1.63. The van der Waals surface area contributed by atoms with Crippen LogP contribution in [0.4, 0.5) is 0 Å². The first-order valence-electron chi connectivity index (χ1n) is 6.36. The summed E-state index contributed by atoms with van der Waals surface area (Å²) in [6, 6.07) is 7.58. The summed E-state index contributed by atoms with van der Waals surface area (Å²) >= 11 is 0. The lowest BCUT2D eigenvalue weighted by molar-refractivity contribution is 0.280. The van der Waals surface area contributed by atoms with Crippen LogP contribution in [0.2, 0.25) is 0 Å². The molecule has 102 valence electrons. The number of rotatable bonds is 7. The summed E-state index contributed by atoms with van der Waals surface area (Å²) in [5.74, 6) is 1.37. The molecule has 0 aliphatic heterocycles. The lowest BCUT2D eigenvalue weighted by Crippen LogP contribution is -2.02. The monoisotopic (exact) mass is 262 g/mol. The molecule has 2 aromatic rings. The molecule has 0 amide bonds. The van der Waals surface area contributed by atoms with Crippen LogP contribution in [0.5, 0.6) is 5.75 Å². The summed E-state index contributed by atoms with van der Waals surface area (Å²) in [6.07, 6.45) is 2.72. The van der Waals surface area contributed by atoms with E-state index in [-0.39, 0.29) is 6.61 Å². The number of ether oxygens (including phenoxy) is 1. The number of aliphatic hydroxyl groups excluding tert-OH is 1. The quantitative estimate of drug-likeness (QED) is 0.766. The fraction of sp³-hybridized carbons (Fsp3) is 0.462. The summed E-state index contributed by atoms with van der Waals surface area (Å²) < 4.78 is 5.17. The molecule has 2 rings (SSSR count). The largest absolute Gasteiger partial charge is 0.497 e. The van der Waals surface area contributed by atoms with E-state index in [9.17, 15) is 0 Å². The third kappa shape index (κ3) is 3.75. The van der Waals surface area contributed by atoms with E-state index in [4.69, 9.17) is 9.84 Å². The van der Waals surface area contributed by atoms with Crippen LogP contribution < -0.4 is 4.74 Å². The van der Waals surface area contributed by atoms with E-state index >= 15 is 0 Å². The van der Waals surface area contributed by atoms with Gasteiger partial charge in [0.05, 0.1) is 13.7 Å². The van der Waals surface area contributed by atoms with Gasteiger partial charge < -0.3 is 9.84 Å². The van der Waals surface area contributed by atoms with Gasteiger partial charge in [-0.05, 0) is 36.6 Å². The second-order valence-corrected chi connectivity index (χ2v) is 4.23. The molecular formula is C13H18N4O2. The fourth-order valence-electron chi connectivity index (χ4n) is 1.76. The van der Waals surface area contributed by atoms with E-state index in [1.807, 2.05) is 24.3 Å². The standard InChI is InChI=1S/C13H18N4O2/c1-19-12-7-5-6-11(10-12)13-14-16-17(15-13)8-3-2-4-9-18/h5-7,10,18H,2-4,8-9H2,1H3. The molecule has 1 heterocycles. The first-order chi connectivity index (χ1) is 9.33. The number of hydrogen-bond donors (Lipinski definition) is 1. The zero-order valence-corrected chi connectivity index (χ0v) is 11.0. The number of tetrazole rings is 1. The lowest BCUT2D eigenvalue weighted by atomic mass is 10.2. The van der Waals surface area contributed by atoms with Gasteiger partial charge in [0.25, 0.3) is 0 Å². The molecule has 1 aromatic carbocycles. The SMILES string of the molecule is COc1cccc(-c2nnn(CCCCCO)n2)c1. The van der Waals surface area contributed by atoms with Gasteiger partial charge in [-0.2, -0.15) is 4.80 Å². The lowest BCUT2D eigenvalue weighted by Gasteiger charge is -2.00. The molecule has 0 bridgehead atoms. The van der Waals surface area contributed by atoms with Gasteiger partial charge in [-0.15, -0.1) is 10.2 Å². The molecule has 6 heteroatoms. The summed E-state index contributed by atoms with van der Waals surface area (Å²) in [6.45, 7) is 0.955. The Morgan fingerprint density at radius 2 is 2.16 bits per heavy atom. The first-order valence-corrected chi connectivity index (χ1v) is 6.36. The molecule has 0 fully saturated rings. The Bertz CT molecular complexity index is 513. The number of methoxy groups -OCH3 is 1. The fourth-order valence-corrected chi connectivity index (χ4v) is 1.76. The Labute approximate surface area is 112 Å². The molecular weight excluding hydrogens is 244 g/mol. The van der Waals surface area contributed by atoms with Crippen molar-refractivity contribution >= 4 is 0 Å². The Balaban J connectivity index is 1.99. The second-order valence-electron chi connectivity index (χ2n) is 4.23. The van der Waals surface area contributed by atoms with Crippen molar-refractivity contribution in [1.82, 2.24) is 20.2 Å². The van der Waals surface area contributed by atoms with E-state index in [0.29, 0.717) is 5.82 Å². The average molecular weight is 262 g/mol. The van der Waals surface area contributed by atoms with Crippen LogP contribution in [-0.2, 0) is 6.54 Å². The van der Waals surface area contributed by atoms with Crippen LogP contribution in [0.15, 0.2) is 24.3 Å². The molecule has 1 aromatic heterocycles. The van der Waals surface area contributed by atoms with E-state index in [1.54, 1.807) is 11.9 Å². The number of aromatic nitrogens is 4. The minimum atomic E-state index is 0.236. The highest BCUT2D eigenvalue weighted by molar-refractivity contribution is 5.56. The van der Waals surface area contributed by atoms with E-state index < -0.39 is 0 Å². The van der Waals surface area contributed by atoms with Crippen molar-refractivity contribution in [3.63, 3.8) is 0 Å². The van der Waals surface area contributed by atoms with Crippen LogP contribution >= 0.6 is 0 Å². The van der Waals surface area contributed by atoms with Gasteiger partial charge in [0, 0.05) is 12.2 Å². The Morgan fingerprint density at radius 3 is 2.95 bits per heavy atom. The van der Waals surface area contributed by atoms with E-state index in [2.05, 4.69) is 15.4 Å². The molecule has 0 aliphatic rings. The summed E-state index contributed by atoms with van der Waals surface area (Å²) in [5, 5.41) is 21.1. The smallest absolute Gasteiger partial charge is 0.205 e. The number of nitrogens with zero attached hydrogens (tertiary/aromatic N) is 4. The summed E-state index contributed by atoms with van der Waals surface area (Å²) in [4.78, 5) is 1.59. The summed E-state index contributed by atoms with van der Waals surface area (Å²) in [5.41, 5.74) is 0.890. The molecule has 19 heavy (non-hydrogen) atoms. The van der Waals surface area contributed by atoms with Gasteiger partial charge in [0.1, 0.15) is 5.75 Å². The van der Waals surface area contributed by atoms with Gasteiger partial charge in [0.15, 0.2) is 0 Å². The Morgan fingerprint density at radius 1 is 1.26 bits per heavy atom. The Hall–Kier alpha value is -1.95. The minimum Gasteiger partial charge on any atom is -0.497 e. The highest BCUT2D eigenvalue weighted by Crippen LogP contribution is 2.19. The zero-order chi connectivity index (χ0) is 13.5. The predicted octanol–water partition coefficient (Wildman–Crippen LogP) is 1.51. The average Bonchev–Trinajstić information content (AvgIpc) is 2.92. The van der Waals surface area contributed by atoms with Gasteiger partial charge in [-0.25, -0.2) is 0 Å². The number of unbranched alkanes of at least 4 members (excludes halogenated alkanes) is 2. The van der Waals surface area contributed by atoms with Crippen LogP contribution in [0.3, 0.4) is 0 Å². The van der Waals surface area contributed by atoms with E-state index in [0.717, 1.165) is 37.1 Å². The highest BCUT2D eigenvalue weighted by atomic mass is 16.5. The van der Waals surface area contributed by atoms with E-state index in [1.165, 1.54) is 0 Å². The minimum absolute atomic E-state index is 0.236. The molecule has 0 atom stereocenters. The van der Waals surface area contributed by atoms with Crippen LogP contribution in [0.25, 0.3) is 11.4 Å². The first kappa shape index (κ1) is 13.5. The molecule has 0 unspecified atom stereocenters. The van der Waals surface area contributed by atoms with Crippen molar-refractivity contribution < 1.29 is 9.84 Å². The van der Waals surface area contributed by atoms with Crippen LogP contribution in [0.1, 0.15) is 19.3 Å². The molecule has 0 radical (unpaired) electrons. The van der Waals surface area contributed by atoms with Crippen molar-refractivity contribution in [3.8, 4) is 17.1 Å². The van der Waals surface area contributed by atoms with Gasteiger partial charge in [0.2, 0.25) is 5.82 Å². The zero-order valence-electron chi connectivity index (χ0n) is 11.0. The van der Waals surface area contributed by atoms with Gasteiger partial charge in [-0.3, -0.25) is 0 Å². The molecule has 0 saturated carbocycles. The predicted molar refractivity (Wildman–Crippen MR) is 70.7 cm³/mol. The van der Waals surface area contributed by atoms with Crippen molar-refractivity contribution in [1.29, 1.82) is 0 Å². The highest BCUT2D eigenvalue weighted by Gasteiger charge is 2.06. The topological polar surface area (TPSA) is 73.1 Å². The van der Waals surface area contributed by atoms with Crippen molar-refractivity contribution in [2.24, 2.45) is 0 Å². The second kappa shape index (κ2) is 6.84. The maximum absolute atomic E-state index is 8.70. The van der Waals surface area contributed by atoms with Gasteiger partial charge >= 0.3 is 0 Å². The van der Waals surface area contributed by atoms with Crippen molar-refractivity contribution in [2.45, 2.75) is 25.8 Å². The third-order valence-electron chi connectivity index (χ3n) is 2.80. The normalized spacial score (nSPS) is 10.6. The molecule has 6 nitrogen and oxygen atoms in total. The Kier molecular flexibility index (Phi) is 4.85. The van der Waals surface area contributed by atoms with Crippen LogP contribution in [0, 0.1) is 0 Å². The molecule has 0 spiro atoms. The number of aryl methyl sites for hydroxylation is 1. The maximum Gasteiger partial charge on any atom is 0.205 e.